The highest BCUT2D eigenvalue weighted by Gasteiger charge is 2.17. The van der Waals surface area contributed by atoms with Gasteiger partial charge in [0.25, 0.3) is 0 Å². The number of thiophene rings is 1. The third-order valence-electron chi connectivity index (χ3n) is 2.74. The third-order valence-corrected chi connectivity index (χ3v) is 4.96. The molecule has 1 unspecified atom stereocenters. The summed E-state index contributed by atoms with van der Waals surface area (Å²) in [6.45, 7) is 3.76. The zero-order valence-electron chi connectivity index (χ0n) is 9.63. The van der Waals surface area contributed by atoms with E-state index in [-0.39, 0.29) is 5.82 Å². The zero-order valence-corrected chi connectivity index (χ0v) is 12.0. The van der Waals surface area contributed by atoms with Crippen LogP contribution in [-0.2, 0) is 0 Å². The van der Waals surface area contributed by atoms with Gasteiger partial charge in [-0.05, 0) is 41.4 Å². The van der Waals surface area contributed by atoms with Gasteiger partial charge in [0.2, 0.25) is 0 Å². The van der Waals surface area contributed by atoms with Crippen molar-refractivity contribution < 1.29 is 4.39 Å². The molecule has 0 aliphatic heterocycles. The van der Waals surface area contributed by atoms with Crippen LogP contribution in [0.25, 0.3) is 0 Å². The Hall–Kier alpha value is -0.710. The van der Waals surface area contributed by atoms with E-state index in [1.54, 1.807) is 30.4 Å². The molecule has 2 aromatic rings. The fourth-order valence-corrected chi connectivity index (χ4v) is 3.28. The Kier molecular flexibility index (Phi) is 3.66. The second-order valence-electron chi connectivity index (χ2n) is 4.01. The molecule has 0 saturated carbocycles. The van der Waals surface area contributed by atoms with Crippen LogP contribution in [0.5, 0.6) is 0 Å². The van der Waals surface area contributed by atoms with Gasteiger partial charge in [0, 0.05) is 19.8 Å². The van der Waals surface area contributed by atoms with Crippen molar-refractivity contribution in [3.8, 4) is 0 Å². The van der Waals surface area contributed by atoms with Crippen molar-refractivity contribution in [1.82, 2.24) is 0 Å². The lowest BCUT2D eigenvalue weighted by Gasteiger charge is -2.12. The van der Waals surface area contributed by atoms with Crippen LogP contribution in [0.2, 0.25) is 0 Å². The van der Waals surface area contributed by atoms with E-state index in [0.29, 0.717) is 11.1 Å². The van der Waals surface area contributed by atoms with E-state index in [4.69, 9.17) is 5.73 Å². The molecule has 1 atom stereocenters. The van der Waals surface area contributed by atoms with Crippen LogP contribution in [0.3, 0.4) is 0 Å². The van der Waals surface area contributed by atoms with Crippen molar-refractivity contribution in [3.05, 3.63) is 55.4 Å². The number of rotatable bonds is 2. The molecule has 0 aliphatic rings. The maximum Gasteiger partial charge on any atom is 0.131 e. The summed E-state index contributed by atoms with van der Waals surface area (Å²) in [5.41, 5.74) is 7.30. The first kappa shape index (κ1) is 12.7. The summed E-state index contributed by atoms with van der Waals surface area (Å²) in [5, 5.41) is 0. The van der Waals surface area contributed by atoms with Crippen molar-refractivity contribution in [2.45, 2.75) is 19.9 Å². The minimum atomic E-state index is -0.398. The molecule has 1 aromatic carbocycles. The van der Waals surface area contributed by atoms with Crippen molar-refractivity contribution >= 4 is 27.3 Å². The summed E-state index contributed by atoms with van der Waals surface area (Å²) in [7, 11) is 0. The van der Waals surface area contributed by atoms with Crippen LogP contribution in [0.1, 0.15) is 26.9 Å². The Morgan fingerprint density at radius 3 is 2.65 bits per heavy atom. The average molecular weight is 314 g/mol. The lowest BCUT2D eigenvalue weighted by molar-refractivity contribution is 0.592. The smallest absolute Gasteiger partial charge is 0.131 e. The molecule has 2 N–H and O–H groups in total. The molecule has 0 fully saturated rings. The maximum absolute atomic E-state index is 14.0. The highest BCUT2D eigenvalue weighted by atomic mass is 79.9. The van der Waals surface area contributed by atoms with Crippen LogP contribution in [0.15, 0.2) is 28.7 Å². The molecule has 17 heavy (non-hydrogen) atoms. The molecule has 1 aromatic heterocycles. The SMILES string of the molecule is Cc1cccc(C(N)c2cc(Br)c(C)s2)c1F. The van der Waals surface area contributed by atoms with E-state index in [0.717, 1.165) is 14.2 Å². The number of hydrogen-bond donors (Lipinski definition) is 1. The lowest BCUT2D eigenvalue weighted by atomic mass is 10.0. The Morgan fingerprint density at radius 1 is 1.35 bits per heavy atom. The molecule has 0 spiro atoms. The van der Waals surface area contributed by atoms with Gasteiger partial charge in [0.15, 0.2) is 0 Å². The number of hydrogen-bond acceptors (Lipinski definition) is 2. The summed E-state index contributed by atoms with van der Waals surface area (Å²) >= 11 is 5.04. The summed E-state index contributed by atoms with van der Waals surface area (Å²) in [4.78, 5) is 2.13. The summed E-state index contributed by atoms with van der Waals surface area (Å²) < 4.78 is 15.0. The van der Waals surface area contributed by atoms with Gasteiger partial charge in [-0.1, -0.05) is 18.2 Å². The lowest BCUT2D eigenvalue weighted by Crippen LogP contribution is -2.12. The fraction of sp³-hybridized carbons (Fsp3) is 0.231. The van der Waals surface area contributed by atoms with Crippen LogP contribution in [-0.4, -0.2) is 0 Å². The zero-order chi connectivity index (χ0) is 12.6. The first-order valence-corrected chi connectivity index (χ1v) is 6.88. The largest absolute Gasteiger partial charge is 0.320 e. The predicted octanol–water partition coefficient (Wildman–Crippen LogP) is 4.31. The monoisotopic (exact) mass is 313 g/mol. The maximum atomic E-state index is 14.0. The normalized spacial score (nSPS) is 12.8. The van der Waals surface area contributed by atoms with Crippen LogP contribution < -0.4 is 5.73 Å². The van der Waals surface area contributed by atoms with E-state index in [1.165, 1.54) is 0 Å². The van der Waals surface area contributed by atoms with Gasteiger partial charge in [0.05, 0.1) is 6.04 Å². The van der Waals surface area contributed by atoms with Crippen molar-refractivity contribution in [1.29, 1.82) is 0 Å². The number of aryl methyl sites for hydroxylation is 2. The Morgan fingerprint density at radius 2 is 2.06 bits per heavy atom. The molecule has 2 rings (SSSR count). The molecule has 90 valence electrons. The van der Waals surface area contributed by atoms with Gasteiger partial charge in [-0.2, -0.15) is 0 Å². The van der Waals surface area contributed by atoms with Crippen LogP contribution in [0.4, 0.5) is 4.39 Å². The Bertz CT molecular complexity index is 531. The van der Waals surface area contributed by atoms with Crippen molar-refractivity contribution in [3.63, 3.8) is 0 Å². The molecular weight excluding hydrogens is 301 g/mol. The number of nitrogens with two attached hydrogens (primary N) is 1. The Balaban J connectivity index is 2.43. The Labute approximate surface area is 113 Å². The molecule has 0 saturated heterocycles. The van der Waals surface area contributed by atoms with Gasteiger partial charge in [-0.25, -0.2) is 4.39 Å². The van der Waals surface area contributed by atoms with Gasteiger partial charge >= 0.3 is 0 Å². The van der Waals surface area contributed by atoms with E-state index >= 15 is 0 Å². The predicted molar refractivity (Wildman–Crippen MR) is 73.9 cm³/mol. The van der Waals surface area contributed by atoms with Gasteiger partial charge in [-0.15, -0.1) is 11.3 Å². The first-order valence-electron chi connectivity index (χ1n) is 5.27. The minimum Gasteiger partial charge on any atom is -0.320 e. The van der Waals surface area contributed by atoms with E-state index in [1.807, 2.05) is 19.1 Å². The van der Waals surface area contributed by atoms with Crippen LogP contribution >= 0.6 is 27.3 Å². The topological polar surface area (TPSA) is 26.0 Å². The molecule has 1 nitrogen and oxygen atoms in total. The van der Waals surface area contributed by atoms with Gasteiger partial charge in [0.1, 0.15) is 5.82 Å². The fourth-order valence-electron chi connectivity index (χ4n) is 1.70. The number of halogens is 2. The van der Waals surface area contributed by atoms with Crippen LogP contribution in [0, 0.1) is 19.7 Å². The highest BCUT2D eigenvalue weighted by molar-refractivity contribution is 9.10. The highest BCUT2D eigenvalue weighted by Crippen LogP contribution is 2.33. The van der Waals surface area contributed by atoms with E-state index in [9.17, 15) is 4.39 Å². The number of benzene rings is 1. The van der Waals surface area contributed by atoms with E-state index in [2.05, 4.69) is 15.9 Å². The molecule has 0 amide bonds. The van der Waals surface area contributed by atoms with Gasteiger partial charge in [-0.3, -0.25) is 0 Å². The van der Waals surface area contributed by atoms with Gasteiger partial charge < -0.3 is 5.73 Å². The first-order chi connectivity index (χ1) is 8.00. The minimum absolute atomic E-state index is 0.206. The summed E-state index contributed by atoms with van der Waals surface area (Å²) in [5.74, 6) is -0.206. The standard InChI is InChI=1S/C13H13BrFNS/c1-7-4-3-5-9(12(7)15)13(16)11-6-10(14)8(2)17-11/h3-6,13H,16H2,1-2H3. The molecule has 0 aliphatic carbocycles. The second-order valence-corrected chi connectivity index (χ2v) is 6.15. The van der Waals surface area contributed by atoms with Crippen molar-refractivity contribution in [2.75, 3.05) is 0 Å². The molecule has 4 heteroatoms. The third kappa shape index (κ3) is 2.44. The average Bonchev–Trinajstić information content (AvgIpc) is 2.62. The quantitative estimate of drug-likeness (QED) is 0.878. The molecule has 1 heterocycles. The molecular formula is C13H13BrFNS. The molecule has 0 bridgehead atoms. The summed E-state index contributed by atoms with van der Waals surface area (Å²) in [6, 6.07) is 6.90. The summed E-state index contributed by atoms with van der Waals surface area (Å²) in [6.07, 6.45) is 0. The molecule has 0 radical (unpaired) electrons. The van der Waals surface area contributed by atoms with E-state index < -0.39 is 6.04 Å². The van der Waals surface area contributed by atoms with Crippen molar-refractivity contribution in [2.24, 2.45) is 5.73 Å². The second kappa shape index (κ2) is 4.88.